The summed E-state index contributed by atoms with van der Waals surface area (Å²) in [5, 5.41) is 11.7. The van der Waals surface area contributed by atoms with Gasteiger partial charge in [0, 0.05) is 12.6 Å². The fourth-order valence-electron chi connectivity index (χ4n) is 2.40. The van der Waals surface area contributed by atoms with Crippen molar-refractivity contribution in [3.8, 4) is 0 Å². The van der Waals surface area contributed by atoms with E-state index in [1.165, 1.54) is 18.3 Å². The zero-order chi connectivity index (χ0) is 16.0. The number of rotatable bonds is 6. The Hall–Kier alpha value is -1.91. The van der Waals surface area contributed by atoms with Gasteiger partial charge in [-0.2, -0.15) is 0 Å². The van der Waals surface area contributed by atoms with E-state index < -0.39 is 5.97 Å². The number of aromatic carboxylic acids is 1. The Bertz CT molecular complexity index is 506. The molecule has 1 rings (SSSR count). The van der Waals surface area contributed by atoms with Crippen LogP contribution < -0.4 is 5.32 Å². The van der Waals surface area contributed by atoms with Crippen LogP contribution in [-0.2, 0) is 11.3 Å². The van der Waals surface area contributed by atoms with Crippen LogP contribution in [0.1, 0.15) is 56.6 Å². The minimum Gasteiger partial charge on any atom is -0.478 e. The molecule has 0 spiro atoms. The summed E-state index contributed by atoms with van der Waals surface area (Å²) in [5.74, 6) is -0.721. The van der Waals surface area contributed by atoms with Crippen LogP contribution >= 0.6 is 0 Å². The van der Waals surface area contributed by atoms with Gasteiger partial charge >= 0.3 is 5.97 Å². The van der Waals surface area contributed by atoms with Gasteiger partial charge in [0.05, 0.1) is 17.8 Å². The van der Waals surface area contributed by atoms with Gasteiger partial charge in [0.2, 0.25) is 5.91 Å². The largest absolute Gasteiger partial charge is 0.478 e. The maximum absolute atomic E-state index is 11.9. The number of hydrogen-bond donors (Lipinski definition) is 2. The van der Waals surface area contributed by atoms with Crippen molar-refractivity contribution in [3.63, 3.8) is 0 Å². The molecule has 5 heteroatoms. The van der Waals surface area contributed by atoms with Gasteiger partial charge in [-0.25, -0.2) is 4.79 Å². The van der Waals surface area contributed by atoms with E-state index in [0.717, 1.165) is 6.42 Å². The Labute approximate surface area is 125 Å². The summed E-state index contributed by atoms with van der Waals surface area (Å²) in [5.41, 5.74) is 0.930. The molecular formula is C16H24N2O3. The molecule has 0 aliphatic heterocycles. The molecule has 1 heterocycles. The molecule has 1 atom stereocenters. The first-order chi connectivity index (χ1) is 9.67. The lowest BCUT2D eigenvalue weighted by Gasteiger charge is -2.22. The zero-order valence-electron chi connectivity index (χ0n) is 13.1. The van der Waals surface area contributed by atoms with Gasteiger partial charge in [0.15, 0.2) is 0 Å². The molecule has 0 saturated carbocycles. The van der Waals surface area contributed by atoms with Gasteiger partial charge in [0.25, 0.3) is 0 Å². The summed E-state index contributed by atoms with van der Waals surface area (Å²) < 4.78 is 0. The summed E-state index contributed by atoms with van der Waals surface area (Å²) >= 11 is 0. The lowest BCUT2D eigenvalue weighted by atomic mass is 9.84. The number of amides is 1. The van der Waals surface area contributed by atoms with Crippen molar-refractivity contribution < 1.29 is 14.7 Å². The van der Waals surface area contributed by atoms with Crippen molar-refractivity contribution in [1.82, 2.24) is 10.3 Å². The number of pyridine rings is 1. The highest BCUT2D eigenvalue weighted by molar-refractivity contribution is 5.87. The van der Waals surface area contributed by atoms with Crippen LogP contribution in [0.3, 0.4) is 0 Å². The molecule has 0 saturated heterocycles. The van der Waals surface area contributed by atoms with E-state index in [4.69, 9.17) is 5.11 Å². The summed E-state index contributed by atoms with van der Waals surface area (Å²) in [7, 11) is 0. The molecule has 1 aromatic rings. The molecule has 21 heavy (non-hydrogen) atoms. The van der Waals surface area contributed by atoms with Crippen molar-refractivity contribution in [1.29, 1.82) is 0 Å². The highest BCUT2D eigenvalue weighted by Gasteiger charge is 2.17. The van der Waals surface area contributed by atoms with E-state index in [1.54, 1.807) is 0 Å². The van der Waals surface area contributed by atoms with Gasteiger partial charge in [-0.05, 0) is 29.9 Å². The maximum Gasteiger partial charge on any atom is 0.335 e. The minimum absolute atomic E-state index is 0.0331. The van der Waals surface area contributed by atoms with Crippen LogP contribution in [0.25, 0.3) is 0 Å². The molecule has 5 nitrogen and oxygen atoms in total. The molecule has 1 amide bonds. The number of hydrogen-bond acceptors (Lipinski definition) is 3. The molecule has 1 unspecified atom stereocenters. The Morgan fingerprint density at radius 1 is 1.38 bits per heavy atom. The second-order valence-electron chi connectivity index (χ2n) is 6.69. The van der Waals surface area contributed by atoms with E-state index in [-0.39, 0.29) is 23.4 Å². The van der Waals surface area contributed by atoms with Crippen LogP contribution in [0, 0.1) is 11.3 Å². The summed E-state index contributed by atoms with van der Waals surface area (Å²) in [6.45, 7) is 8.78. The van der Waals surface area contributed by atoms with Crippen molar-refractivity contribution in [2.45, 2.75) is 47.1 Å². The number of aromatic nitrogens is 1. The Morgan fingerprint density at radius 3 is 2.62 bits per heavy atom. The predicted octanol–water partition coefficient (Wildman–Crippen LogP) is 2.86. The standard InChI is InChI=1S/C16H24N2O3/c1-11(9-16(2,3)4)7-14(19)18-10-13-8-12(15(20)21)5-6-17-13/h5-6,8,11H,7,9-10H2,1-4H3,(H,18,19)(H,20,21). The van der Waals surface area contributed by atoms with Gasteiger partial charge in [-0.1, -0.05) is 27.7 Å². The molecule has 0 aliphatic rings. The third-order valence-corrected chi connectivity index (χ3v) is 3.02. The minimum atomic E-state index is -0.997. The molecular weight excluding hydrogens is 268 g/mol. The molecule has 0 aliphatic carbocycles. The Balaban J connectivity index is 2.46. The molecule has 0 radical (unpaired) electrons. The number of carboxylic acids is 1. The molecule has 116 valence electrons. The first-order valence-electron chi connectivity index (χ1n) is 7.12. The quantitative estimate of drug-likeness (QED) is 0.845. The molecule has 1 aromatic heterocycles. The fourth-order valence-corrected chi connectivity index (χ4v) is 2.40. The number of carbonyl (C=O) groups is 2. The fraction of sp³-hybridized carbons (Fsp3) is 0.562. The Kier molecular flexibility index (Phi) is 5.88. The average Bonchev–Trinajstić information content (AvgIpc) is 2.34. The predicted molar refractivity (Wildman–Crippen MR) is 80.9 cm³/mol. The third kappa shape index (κ3) is 6.88. The topological polar surface area (TPSA) is 79.3 Å². The van der Waals surface area contributed by atoms with Gasteiger partial charge in [-0.15, -0.1) is 0 Å². The molecule has 0 aromatic carbocycles. The highest BCUT2D eigenvalue weighted by Crippen LogP contribution is 2.25. The lowest BCUT2D eigenvalue weighted by molar-refractivity contribution is -0.122. The van der Waals surface area contributed by atoms with E-state index in [0.29, 0.717) is 18.0 Å². The number of nitrogens with zero attached hydrogens (tertiary/aromatic N) is 1. The third-order valence-electron chi connectivity index (χ3n) is 3.02. The lowest BCUT2D eigenvalue weighted by Crippen LogP contribution is -2.26. The van der Waals surface area contributed by atoms with Crippen LogP contribution in [0.4, 0.5) is 0 Å². The number of carboxylic acid groups (broad SMARTS) is 1. The molecule has 0 bridgehead atoms. The van der Waals surface area contributed by atoms with Gasteiger partial charge in [0.1, 0.15) is 0 Å². The van der Waals surface area contributed by atoms with E-state index in [1.807, 2.05) is 0 Å². The van der Waals surface area contributed by atoms with Crippen LogP contribution in [0.5, 0.6) is 0 Å². The van der Waals surface area contributed by atoms with Crippen molar-refractivity contribution in [2.24, 2.45) is 11.3 Å². The van der Waals surface area contributed by atoms with Crippen LogP contribution in [0.2, 0.25) is 0 Å². The highest BCUT2D eigenvalue weighted by atomic mass is 16.4. The molecule has 0 fully saturated rings. The van der Waals surface area contributed by atoms with Gasteiger partial charge < -0.3 is 10.4 Å². The van der Waals surface area contributed by atoms with Crippen molar-refractivity contribution in [3.05, 3.63) is 29.6 Å². The molecule has 2 N–H and O–H groups in total. The average molecular weight is 292 g/mol. The summed E-state index contributed by atoms with van der Waals surface area (Å²) in [6.07, 6.45) is 2.89. The summed E-state index contributed by atoms with van der Waals surface area (Å²) in [6, 6.07) is 2.90. The maximum atomic E-state index is 11.9. The van der Waals surface area contributed by atoms with E-state index >= 15 is 0 Å². The normalized spacial score (nSPS) is 12.8. The number of nitrogens with one attached hydrogen (secondary N) is 1. The van der Waals surface area contributed by atoms with Crippen molar-refractivity contribution in [2.75, 3.05) is 0 Å². The van der Waals surface area contributed by atoms with Crippen molar-refractivity contribution >= 4 is 11.9 Å². The zero-order valence-corrected chi connectivity index (χ0v) is 13.1. The van der Waals surface area contributed by atoms with E-state index in [2.05, 4.69) is 38.0 Å². The summed E-state index contributed by atoms with van der Waals surface area (Å²) in [4.78, 5) is 26.8. The van der Waals surface area contributed by atoms with Crippen LogP contribution in [-0.4, -0.2) is 22.0 Å². The second kappa shape index (κ2) is 7.20. The first-order valence-corrected chi connectivity index (χ1v) is 7.12. The van der Waals surface area contributed by atoms with E-state index in [9.17, 15) is 9.59 Å². The SMILES string of the molecule is CC(CC(=O)NCc1cc(C(=O)O)ccn1)CC(C)(C)C. The number of carbonyl (C=O) groups excluding carboxylic acids is 1. The Morgan fingerprint density at radius 2 is 2.05 bits per heavy atom. The van der Waals surface area contributed by atoms with Crippen LogP contribution in [0.15, 0.2) is 18.3 Å². The van der Waals surface area contributed by atoms with Gasteiger partial charge in [-0.3, -0.25) is 9.78 Å². The first kappa shape index (κ1) is 17.1. The monoisotopic (exact) mass is 292 g/mol. The second-order valence-corrected chi connectivity index (χ2v) is 6.69. The smallest absolute Gasteiger partial charge is 0.335 e.